The minimum atomic E-state index is -3.52. The number of anilines is 1. The fourth-order valence-electron chi connectivity index (χ4n) is 2.95. The van der Waals surface area contributed by atoms with Crippen molar-refractivity contribution in [1.29, 1.82) is 0 Å². The van der Waals surface area contributed by atoms with Crippen LogP contribution in [0.2, 0.25) is 0 Å². The normalized spacial score (nSPS) is 15.0. The minimum Gasteiger partial charge on any atom is -0.493 e. The summed E-state index contributed by atoms with van der Waals surface area (Å²) < 4.78 is 32.3. The van der Waals surface area contributed by atoms with Crippen LogP contribution in [0.15, 0.2) is 53.4 Å². The van der Waals surface area contributed by atoms with E-state index >= 15 is 0 Å². The zero-order valence-corrected chi connectivity index (χ0v) is 15.5. The van der Waals surface area contributed by atoms with E-state index < -0.39 is 10.0 Å². The third-order valence-electron chi connectivity index (χ3n) is 4.23. The topological polar surface area (TPSA) is 75.7 Å². The first-order chi connectivity index (χ1) is 12.5. The first-order valence-electron chi connectivity index (χ1n) is 8.66. The van der Waals surface area contributed by atoms with Gasteiger partial charge in [-0.1, -0.05) is 18.2 Å². The Kier molecular flexibility index (Phi) is 5.58. The average Bonchev–Trinajstić information content (AvgIpc) is 3.18. The summed E-state index contributed by atoms with van der Waals surface area (Å²) in [6.45, 7) is 3.39. The van der Waals surface area contributed by atoms with Crippen molar-refractivity contribution >= 4 is 21.6 Å². The molecule has 0 saturated carbocycles. The van der Waals surface area contributed by atoms with E-state index in [1.54, 1.807) is 42.5 Å². The summed E-state index contributed by atoms with van der Waals surface area (Å²) in [7, 11) is -3.52. The van der Waals surface area contributed by atoms with Gasteiger partial charge in [0.1, 0.15) is 5.75 Å². The smallest absolute Gasteiger partial charge is 0.259 e. The SMILES string of the molecule is CCOc1ccccc1C(=O)Nc1cccc(S(=O)(=O)N2CCCC2)c1. The molecule has 1 N–H and O–H groups in total. The molecule has 1 saturated heterocycles. The molecule has 3 rings (SSSR count). The number of rotatable bonds is 6. The quantitative estimate of drug-likeness (QED) is 0.843. The van der Waals surface area contributed by atoms with Crippen molar-refractivity contribution in [2.24, 2.45) is 0 Å². The Labute approximate surface area is 153 Å². The second-order valence-corrected chi connectivity index (χ2v) is 7.96. The molecule has 2 aromatic rings. The van der Waals surface area contributed by atoms with Crippen LogP contribution in [0, 0.1) is 0 Å². The van der Waals surface area contributed by atoms with Crippen molar-refractivity contribution < 1.29 is 17.9 Å². The number of ether oxygens (including phenoxy) is 1. The predicted molar refractivity (Wildman–Crippen MR) is 100.0 cm³/mol. The zero-order valence-electron chi connectivity index (χ0n) is 14.6. The summed E-state index contributed by atoms with van der Waals surface area (Å²) in [5.41, 5.74) is 0.837. The molecule has 1 aliphatic rings. The number of hydrogen-bond acceptors (Lipinski definition) is 4. The van der Waals surface area contributed by atoms with Crippen LogP contribution in [0.5, 0.6) is 5.75 Å². The number of hydrogen-bond donors (Lipinski definition) is 1. The minimum absolute atomic E-state index is 0.190. The summed E-state index contributed by atoms with van der Waals surface area (Å²) >= 11 is 0. The molecule has 2 aromatic carbocycles. The molecule has 138 valence electrons. The molecule has 1 amide bonds. The monoisotopic (exact) mass is 374 g/mol. The van der Waals surface area contributed by atoms with E-state index in [9.17, 15) is 13.2 Å². The number of nitrogens with one attached hydrogen (secondary N) is 1. The van der Waals surface area contributed by atoms with E-state index in [4.69, 9.17) is 4.74 Å². The number of nitrogens with zero attached hydrogens (tertiary/aromatic N) is 1. The van der Waals surface area contributed by atoms with Crippen molar-refractivity contribution in [3.05, 3.63) is 54.1 Å². The molecule has 0 aromatic heterocycles. The molecular formula is C19H22N2O4S. The maximum Gasteiger partial charge on any atom is 0.259 e. The van der Waals surface area contributed by atoms with E-state index in [0.717, 1.165) is 12.8 Å². The van der Waals surface area contributed by atoms with Crippen molar-refractivity contribution in [1.82, 2.24) is 4.31 Å². The number of benzene rings is 2. The Bertz CT molecular complexity index is 890. The third kappa shape index (κ3) is 3.89. The second kappa shape index (κ2) is 7.88. The molecule has 0 aliphatic carbocycles. The van der Waals surface area contributed by atoms with Crippen LogP contribution >= 0.6 is 0 Å². The Morgan fingerprint density at radius 1 is 1.12 bits per heavy atom. The number of carbonyl (C=O) groups is 1. The van der Waals surface area contributed by atoms with Crippen molar-refractivity contribution in [2.75, 3.05) is 25.0 Å². The van der Waals surface area contributed by atoms with Crippen LogP contribution in [-0.2, 0) is 10.0 Å². The molecule has 1 aliphatic heterocycles. The van der Waals surface area contributed by atoms with E-state index in [1.807, 2.05) is 6.92 Å². The molecule has 0 spiro atoms. The van der Waals surface area contributed by atoms with E-state index in [2.05, 4.69) is 5.32 Å². The van der Waals surface area contributed by atoms with Gasteiger partial charge in [0.25, 0.3) is 5.91 Å². The molecule has 0 atom stereocenters. The maximum absolute atomic E-state index is 12.7. The van der Waals surface area contributed by atoms with Gasteiger partial charge in [0.2, 0.25) is 10.0 Å². The Morgan fingerprint density at radius 3 is 2.58 bits per heavy atom. The molecule has 7 heteroatoms. The Morgan fingerprint density at radius 2 is 1.85 bits per heavy atom. The number of carbonyl (C=O) groups excluding carboxylic acids is 1. The third-order valence-corrected chi connectivity index (χ3v) is 6.12. The van der Waals surface area contributed by atoms with Gasteiger partial charge in [-0.2, -0.15) is 4.31 Å². The summed E-state index contributed by atoms with van der Waals surface area (Å²) in [5, 5.41) is 2.76. The van der Waals surface area contributed by atoms with E-state index in [-0.39, 0.29) is 10.8 Å². The predicted octanol–water partition coefficient (Wildman–Crippen LogP) is 3.12. The summed E-state index contributed by atoms with van der Waals surface area (Å²) in [6, 6.07) is 13.3. The molecule has 0 radical (unpaired) electrons. The summed E-state index contributed by atoms with van der Waals surface area (Å²) in [6.07, 6.45) is 1.76. The van der Waals surface area contributed by atoms with Crippen molar-refractivity contribution in [2.45, 2.75) is 24.7 Å². The highest BCUT2D eigenvalue weighted by Crippen LogP contribution is 2.24. The van der Waals surface area contributed by atoms with Crippen LogP contribution < -0.4 is 10.1 Å². The van der Waals surface area contributed by atoms with Gasteiger partial charge in [-0.25, -0.2) is 8.42 Å². The molecule has 0 bridgehead atoms. The number of para-hydroxylation sites is 1. The number of sulfonamides is 1. The maximum atomic E-state index is 12.7. The number of amides is 1. The van der Waals surface area contributed by atoms with E-state index in [1.165, 1.54) is 10.4 Å². The van der Waals surface area contributed by atoms with Crippen molar-refractivity contribution in [3.63, 3.8) is 0 Å². The molecular weight excluding hydrogens is 352 g/mol. The van der Waals surface area contributed by atoms with Gasteiger partial charge in [-0.3, -0.25) is 4.79 Å². The van der Waals surface area contributed by atoms with Gasteiger partial charge in [0, 0.05) is 18.8 Å². The van der Waals surface area contributed by atoms with Crippen LogP contribution in [0.1, 0.15) is 30.1 Å². The van der Waals surface area contributed by atoms with Gasteiger partial charge >= 0.3 is 0 Å². The zero-order chi connectivity index (χ0) is 18.6. The standard InChI is InChI=1S/C19H22N2O4S/c1-2-25-18-11-4-3-10-17(18)19(22)20-15-8-7-9-16(14-15)26(23,24)21-12-5-6-13-21/h3-4,7-11,14H,2,5-6,12-13H2,1H3,(H,20,22). The lowest BCUT2D eigenvalue weighted by Gasteiger charge is -2.16. The lowest BCUT2D eigenvalue weighted by Crippen LogP contribution is -2.27. The first kappa shape index (κ1) is 18.4. The Balaban J connectivity index is 1.82. The molecule has 26 heavy (non-hydrogen) atoms. The highest BCUT2D eigenvalue weighted by Gasteiger charge is 2.27. The summed E-state index contributed by atoms with van der Waals surface area (Å²) in [4.78, 5) is 12.8. The lowest BCUT2D eigenvalue weighted by atomic mass is 10.2. The highest BCUT2D eigenvalue weighted by atomic mass is 32.2. The van der Waals surface area contributed by atoms with E-state index in [0.29, 0.717) is 36.7 Å². The van der Waals surface area contributed by atoms with Crippen LogP contribution in [0.25, 0.3) is 0 Å². The lowest BCUT2D eigenvalue weighted by molar-refractivity contribution is 0.102. The van der Waals surface area contributed by atoms with Gasteiger partial charge in [0.05, 0.1) is 17.1 Å². The summed E-state index contributed by atoms with van der Waals surface area (Å²) in [5.74, 6) is 0.151. The highest BCUT2D eigenvalue weighted by molar-refractivity contribution is 7.89. The molecule has 1 fully saturated rings. The second-order valence-electron chi connectivity index (χ2n) is 6.02. The van der Waals surface area contributed by atoms with Gasteiger partial charge < -0.3 is 10.1 Å². The molecule has 6 nitrogen and oxygen atoms in total. The Hall–Kier alpha value is -2.38. The average molecular weight is 374 g/mol. The van der Waals surface area contributed by atoms with Gasteiger partial charge in [-0.05, 0) is 50.1 Å². The van der Waals surface area contributed by atoms with Crippen molar-refractivity contribution in [3.8, 4) is 5.75 Å². The van der Waals surface area contributed by atoms with Crippen LogP contribution in [-0.4, -0.2) is 38.3 Å². The molecule has 1 heterocycles. The fraction of sp³-hybridized carbons (Fsp3) is 0.316. The van der Waals surface area contributed by atoms with Gasteiger partial charge in [0.15, 0.2) is 0 Å². The van der Waals surface area contributed by atoms with Crippen LogP contribution in [0.4, 0.5) is 5.69 Å². The molecule has 0 unspecified atom stereocenters. The van der Waals surface area contributed by atoms with Crippen LogP contribution in [0.3, 0.4) is 0 Å². The van der Waals surface area contributed by atoms with Gasteiger partial charge in [-0.15, -0.1) is 0 Å². The first-order valence-corrected chi connectivity index (χ1v) is 10.1. The largest absolute Gasteiger partial charge is 0.493 e. The fourth-order valence-corrected chi connectivity index (χ4v) is 4.51.